The Balaban J connectivity index is 1.54. The van der Waals surface area contributed by atoms with Crippen LogP contribution in [0, 0.1) is 5.92 Å². The van der Waals surface area contributed by atoms with E-state index in [0.717, 1.165) is 19.5 Å². The Morgan fingerprint density at radius 1 is 1.08 bits per heavy atom. The molecule has 0 radical (unpaired) electrons. The van der Waals surface area contributed by atoms with Crippen LogP contribution in [0.25, 0.3) is 0 Å². The summed E-state index contributed by atoms with van der Waals surface area (Å²) >= 11 is 0. The summed E-state index contributed by atoms with van der Waals surface area (Å²) in [7, 11) is 0. The topological polar surface area (TPSA) is 55.8 Å². The van der Waals surface area contributed by atoms with Crippen molar-refractivity contribution in [2.45, 2.75) is 45.2 Å². The molecule has 25 heavy (non-hydrogen) atoms. The fraction of sp³-hybridized carbons (Fsp3) is 0.650. The highest BCUT2D eigenvalue weighted by Crippen LogP contribution is 2.17. The number of nitrogens with one attached hydrogen (secondary N) is 1. The molecule has 1 atom stereocenters. The van der Waals surface area contributed by atoms with Gasteiger partial charge in [-0.25, -0.2) is 4.79 Å². The lowest BCUT2D eigenvalue weighted by molar-refractivity contribution is 0.198. The Morgan fingerprint density at radius 2 is 1.80 bits per heavy atom. The van der Waals surface area contributed by atoms with E-state index in [1.165, 1.54) is 49.9 Å². The van der Waals surface area contributed by atoms with Gasteiger partial charge in [0, 0.05) is 38.7 Å². The van der Waals surface area contributed by atoms with Gasteiger partial charge in [-0.1, -0.05) is 37.1 Å². The summed E-state index contributed by atoms with van der Waals surface area (Å²) in [5.41, 5.74) is 2.53. The number of amides is 2. The summed E-state index contributed by atoms with van der Waals surface area (Å²) in [4.78, 5) is 16.7. The molecule has 1 aromatic carbocycles. The number of likely N-dealkylation sites (tertiary alicyclic amines) is 2. The van der Waals surface area contributed by atoms with E-state index in [1.807, 2.05) is 11.0 Å². The van der Waals surface area contributed by atoms with Crippen molar-refractivity contribution in [1.82, 2.24) is 15.1 Å². The first-order valence-electron chi connectivity index (χ1n) is 9.69. The largest absolute Gasteiger partial charge is 0.396 e. The van der Waals surface area contributed by atoms with E-state index in [0.29, 0.717) is 13.1 Å². The number of aliphatic hydroxyl groups excluding tert-OH is 1. The Kier molecular flexibility index (Phi) is 6.70. The maximum absolute atomic E-state index is 12.3. The number of carbonyl (C=O) groups is 1. The van der Waals surface area contributed by atoms with Gasteiger partial charge >= 0.3 is 6.03 Å². The van der Waals surface area contributed by atoms with Crippen molar-refractivity contribution < 1.29 is 9.90 Å². The lowest BCUT2D eigenvalue weighted by Crippen LogP contribution is -2.38. The van der Waals surface area contributed by atoms with Crippen LogP contribution in [0.5, 0.6) is 0 Å². The standard InChI is InChI=1S/C20H31N3O2/c24-16-17-9-12-23(14-17)20(25)21-13-18-7-3-4-8-19(18)15-22-10-5-1-2-6-11-22/h3-4,7-8,17,24H,1-2,5-6,9-16H2,(H,21,25). The fourth-order valence-electron chi connectivity index (χ4n) is 3.87. The van der Waals surface area contributed by atoms with Gasteiger partial charge in [-0.15, -0.1) is 0 Å². The number of hydrogen-bond acceptors (Lipinski definition) is 3. The van der Waals surface area contributed by atoms with E-state index in [2.05, 4.69) is 28.4 Å². The van der Waals surface area contributed by atoms with Crippen molar-refractivity contribution in [1.29, 1.82) is 0 Å². The second-order valence-electron chi connectivity index (χ2n) is 7.40. The van der Waals surface area contributed by atoms with Crippen LogP contribution in [0.3, 0.4) is 0 Å². The molecule has 2 heterocycles. The van der Waals surface area contributed by atoms with Crippen LogP contribution in [0.2, 0.25) is 0 Å². The van der Waals surface area contributed by atoms with E-state index in [-0.39, 0.29) is 18.6 Å². The third kappa shape index (κ3) is 5.19. The van der Waals surface area contributed by atoms with Gasteiger partial charge in [0.15, 0.2) is 0 Å². The van der Waals surface area contributed by atoms with Gasteiger partial charge < -0.3 is 15.3 Å². The van der Waals surface area contributed by atoms with Crippen molar-refractivity contribution in [3.63, 3.8) is 0 Å². The number of benzene rings is 1. The summed E-state index contributed by atoms with van der Waals surface area (Å²) in [6, 6.07) is 8.42. The average Bonchev–Trinajstić information content (AvgIpc) is 2.98. The number of urea groups is 1. The molecule has 2 saturated heterocycles. The number of carbonyl (C=O) groups excluding carboxylic acids is 1. The Bertz CT molecular complexity index is 556. The van der Waals surface area contributed by atoms with E-state index in [9.17, 15) is 9.90 Å². The van der Waals surface area contributed by atoms with Gasteiger partial charge in [0.25, 0.3) is 0 Å². The van der Waals surface area contributed by atoms with E-state index in [4.69, 9.17) is 0 Å². The zero-order valence-corrected chi connectivity index (χ0v) is 15.1. The molecule has 0 aliphatic carbocycles. The molecule has 2 aliphatic rings. The maximum Gasteiger partial charge on any atom is 0.317 e. The molecule has 1 aromatic rings. The minimum atomic E-state index is -0.0134. The van der Waals surface area contributed by atoms with E-state index < -0.39 is 0 Å². The highest BCUT2D eigenvalue weighted by molar-refractivity contribution is 5.74. The molecule has 5 nitrogen and oxygen atoms in total. The average molecular weight is 345 g/mol. The van der Waals surface area contributed by atoms with Crippen molar-refractivity contribution in [2.75, 3.05) is 32.8 Å². The zero-order chi connectivity index (χ0) is 17.5. The number of rotatable bonds is 5. The summed E-state index contributed by atoms with van der Waals surface area (Å²) < 4.78 is 0. The van der Waals surface area contributed by atoms with Gasteiger partial charge in [-0.3, -0.25) is 4.90 Å². The minimum absolute atomic E-state index is 0.0134. The predicted octanol–water partition coefficient (Wildman–Crippen LogP) is 2.59. The summed E-state index contributed by atoms with van der Waals surface area (Å²) in [5, 5.41) is 12.3. The molecule has 0 aromatic heterocycles. The molecule has 138 valence electrons. The van der Waals surface area contributed by atoms with Gasteiger partial charge in [-0.2, -0.15) is 0 Å². The van der Waals surface area contributed by atoms with Crippen LogP contribution >= 0.6 is 0 Å². The predicted molar refractivity (Wildman–Crippen MR) is 99.2 cm³/mol. The molecule has 3 rings (SSSR count). The summed E-state index contributed by atoms with van der Waals surface area (Å²) in [5.74, 6) is 0.237. The molecule has 1 unspecified atom stereocenters. The van der Waals surface area contributed by atoms with Crippen molar-refractivity contribution >= 4 is 6.03 Å². The highest BCUT2D eigenvalue weighted by Gasteiger charge is 2.25. The number of nitrogens with zero attached hydrogens (tertiary/aromatic N) is 2. The zero-order valence-electron chi connectivity index (χ0n) is 15.1. The minimum Gasteiger partial charge on any atom is -0.396 e. The van der Waals surface area contributed by atoms with Crippen LogP contribution in [0.4, 0.5) is 4.79 Å². The molecule has 2 amide bonds. The van der Waals surface area contributed by atoms with E-state index in [1.54, 1.807) is 0 Å². The van der Waals surface area contributed by atoms with Gasteiger partial charge in [-0.05, 0) is 43.5 Å². The van der Waals surface area contributed by atoms with Crippen LogP contribution in [0.15, 0.2) is 24.3 Å². The summed E-state index contributed by atoms with van der Waals surface area (Å²) in [6.07, 6.45) is 6.17. The third-order valence-electron chi connectivity index (χ3n) is 5.47. The quantitative estimate of drug-likeness (QED) is 0.862. The third-order valence-corrected chi connectivity index (χ3v) is 5.47. The smallest absolute Gasteiger partial charge is 0.317 e. The molecule has 0 spiro atoms. The van der Waals surface area contributed by atoms with Crippen LogP contribution in [-0.2, 0) is 13.1 Å². The maximum atomic E-state index is 12.3. The van der Waals surface area contributed by atoms with Gasteiger partial charge in [0.2, 0.25) is 0 Å². The first kappa shape index (κ1) is 18.2. The first-order valence-corrected chi connectivity index (χ1v) is 9.69. The molecule has 5 heteroatoms. The van der Waals surface area contributed by atoms with Crippen molar-refractivity contribution in [3.05, 3.63) is 35.4 Å². The molecular weight excluding hydrogens is 314 g/mol. The highest BCUT2D eigenvalue weighted by atomic mass is 16.3. The summed E-state index contributed by atoms with van der Waals surface area (Å²) in [6.45, 7) is 5.48. The lowest BCUT2D eigenvalue weighted by atomic mass is 10.1. The number of hydrogen-bond donors (Lipinski definition) is 2. The van der Waals surface area contributed by atoms with Crippen LogP contribution in [0.1, 0.15) is 43.2 Å². The Labute approximate surface area is 151 Å². The van der Waals surface area contributed by atoms with Crippen LogP contribution in [-0.4, -0.2) is 53.7 Å². The van der Waals surface area contributed by atoms with Crippen LogP contribution < -0.4 is 5.32 Å². The molecule has 0 saturated carbocycles. The monoisotopic (exact) mass is 345 g/mol. The molecular formula is C20H31N3O2. The second kappa shape index (κ2) is 9.20. The fourth-order valence-corrected chi connectivity index (χ4v) is 3.87. The normalized spacial score (nSPS) is 22.0. The molecule has 2 N–H and O–H groups in total. The Morgan fingerprint density at radius 3 is 2.48 bits per heavy atom. The molecule has 0 bridgehead atoms. The van der Waals surface area contributed by atoms with Gasteiger partial charge in [0.1, 0.15) is 0 Å². The SMILES string of the molecule is O=C(NCc1ccccc1CN1CCCCCC1)N1CCC(CO)C1. The van der Waals surface area contributed by atoms with Crippen molar-refractivity contribution in [3.8, 4) is 0 Å². The van der Waals surface area contributed by atoms with E-state index >= 15 is 0 Å². The van der Waals surface area contributed by atoms with Gasteiger partial charge in [0.05, 0.1) is 0 Å². The lowest BCUT2D eigenvalue weighted by Gasteiger charge is -2.22. The molecule has 2 fully saturated rings. The second-order valence-corrected chi connectivity index (χ2v) is 7.40. The number of aliphatic hydroxyl groups is 1. The first-order chi connectivity index (χ1) is 12.3. The van der Waals surface area contributed by atoms with Crippen molar-refractivity contribution in [2.24, 2.45) is 5.92 Å². The Hall–Kier alpha value is -1.59. The molecule has 2 aliphatic heterocycles.